The summed E-state index contributed by atoms with van der Waals surface area (Å²) in [6.45, 7) is 8.29. The van der Waals surface area contributed by atoms with Gasteiger partial charge in [-0.05, 0) is 36.8 Å². The van der Waals surface area contributed by atoms with Crippen LogP contribution < -0.4 is 4.57 Å². The molecule has 2 nitrogen and oxygen atoms in total. The number of nitrogens with one attached hydrogen (secondary N) is 1. The summed E-state index contributed by atoms with van der Waals surface area (Å²) in [6.07, 6.45) is 40.4. The fourth-order valence-corrected chi connectivity index (χ4v) is 8.21. The van der Waals surface area contributed by atoms with Crippen LogP contribution in [0.15, 0.2) is 73.1 Å². The first-order chi connectivity index (χ1) is 24.2. The normalized spacial score (nSPS) is 13.4. The zero-order valence-electron chi connectivity index (χ0n) is 32.5. The average molecular weight is 670 g/mol. The van der Waals surface area contributed by atoms with Crippen molar-refractivity contribution >= 4 is 0 Å². The van der Waals surface area contributed by atoms with E-state index in [-0.39, 0.29) is 5.41 Å². The van der Waals surface area contributed by atoms with Crippen molar-refractivity contribution in [2.24, 2.45) is 0 Å². The lowest BCUT2D eigenvalue weighted by Gasteiger charge is -2.37. The molecule has 0 saturated carbocycles. The number of aromatic nitrogens is 2. The Labute approximate surface area is 304 Å². The van der Waals surface area contributed by atoms with E-state index in [9.17, 15) is 0 Å². The Balaban J connectivity index is 1.57. The lowest BCUT2D eigenvalue weighted by atomic mass is 9.66. The molecule has 0 amide bonds. The number of benzene rings is 2. The molecule has 0 aliphatic heterocycles. The topological polar surface area (TPSA) is 19.7 Å². The maximum absolute atomic E-state index is 3.82. The van der Waals surface area contributed by atoms with Gasteiger partial charge in [-0.15, -0.1) is 0 Å². The zero-order chi connectivity index (χ0) is 34.7. The van der Waals surface area contributed by atoms with E-state index in [1.165, 1.54) is 177 Å². The van der Waals surface area contributed by atoms with Crippen molar-refractivity contribution in [1.29, 1.82) is 0 Å². The molecule has 0 aliphatic rings. The highest BCUT2D eigenvalue weighted by molar-refractivity contribution is 5.32. The van der Waals surface area contributed by atoms with Gasteiger partial charge in [0.25, 0.3) is 5.82 Å². The van der Waals surface area contributed by atoms with Crippen LogP contribution in [0.5, 0.6) is 0 Å². The number of hydrogen-bond donors (Lipinski definition) is 1. The summed E-state index contributed by atoms with van der Waals surface area (Å²) in [5.41, 5.74) is 2.91. The van der Waals surface area contributed by atoms with E-state index in [2.05, 4.69) is 103 Å². The van der Waals surface area contributed by atoms with Gasteiger partial charge in [-0.3, -0.25) is 0 Å². The van der Waals surface area contributed by atoms with Crippen LogP contribution in [0.1, 0.15) is 204 Å². The smallest absolute Gasteiger partial charge is 0.247 e. The van der Waals surface area contributed by atoms with Gasteiger partial charge in [-0.25, -0.2) is 9.55 Å². The van der Waals surface area contributed by atoms with Crippen LogP contribution in [0.25, 0.3) is 0 Å². The highest BCUT2D eigenvalue weighted by Crippen LogP contribution is 2.43. The highest BCUT2D eigenvalue weighted by Gasteiger charge is 2.41. The minimum atomic E-state index is 0.00368. The number of aromatic amines is 1. The van der Waals surface area contributed by atoms with Gasteiger partial charge < -0.3 is 0 Å². The molecule has 0 fully saturated rings. The van der Waals surface area contributed by atoms with Crippen molar-refractivity contribution in [3.8, 4) is 0 Å². The molecular formula is C47H77N2+. The third-order valence-corrected chi connectivity index (χ3v) is 11.3. The van der Waals surface area contributed by atoms with E-state index < -0.39 is 0 Å². The van der Waals surface area contributed by atoms with E-state index in [0.29, 0.717) is 5.92 Å². The number of H-pyrrole nitrogens is 1. The molecule has 3 aromatic rings. The molecule has 2 unspecified atom stereocenters. The number of rotatable bonds is 31. The molecule has 0 spiro atoms. The summed E-state index contributed by atoms with van der Waals surface area (Å²) in [5.74, 6) is 1.87. The minimum Gasteiger partial charge on any atom is -0.247 e. The van der Waals surface area contributed by atoms with Crippen LogP contribution in [-0.4, -0.2) is 4.98 Å². The van der Waals surface area contributed by atoms with Gasteiger partial charge in [0.2, 0.25) is 0 Å². The lowest BCUT2D eigenvalue weighted by molar-refractivity contribution is -0.705. The minimum absolute atomic E-state index is 0.00368. The first-order valence-corrected chi connectivity index (χ1v) is 21.3. The van der Waals surface area contributed by atoms with Crippen LogP contribution >= 0.6 is 0 Å². The second-order valence-corrected chi connectivity index (χ2v) is 15.6. The van der Waals surface area contributed by atoms with Gasteiger partial charge in [0.1, 0.15) is 12.4 Å². The highest BCUT2D eigenvalue weighted by atomic mass is 15.1. The Bertz CT molecular complexity index is 1150. The summed E-state index contributed by atoms with van der Waals surface area (Å²) in [7, 11) is 0. The third kappa shape index (κ3) is 16.5. The van der Waals surface area contributed by atoms with Crippen molar-refractivity contribution in [3.63, 3.8) is 0 Å². The van der Waals surface area contributed by atoms with Gasteiger partial charge in [-0.1, -0.05) is 223 Å². The summed E-state index contributed by atoms with van der Waals surface area (Å²) >= 11 is 0. The van der Waals surface area contributed by atoms with Gasteiger partial charge in [0.05, 0.1) is 12.5 Å². The quantitative estimate of drug-likeness (QED) is 0.0519. The molecule has 3 rings (SSSR count). The molecule has 2 heteroatoms. The number of unbranched alkanes of at least 4 members (excludes halogenated alkanes) is 22. The Morgan fingerprint density at radius 3 is 1.45 bits per heavy atom. The molecule has 0 bridgehead atoms. The van der Waals surface area contributed by atoms with Gasteiger partial charge in [0, 0.05) is 5.41 Å². The monoisotopic (exact) mass is 670 g/mol. The summed E-state index contributed by atoms with van der Waals surface area (Å²) < 4.78 is 2.59. The number of hydrogen-bond acceptors (Lipinski definition) is 0. The summed E-state index contributed by atoms with van der Waals surface area (Å²) in [4.78, 5) is 3.82. The summed E-state index contributed by atoms with van der Waals surface area (Å²) in [5, 5.41) is 0. The molecule has 1 N–H and O–H groups in total. The molecule has 0 saturated heterocycles. The molecule has 2 aromatic carbocycles. The fourth-order valence-electron chi connectivity index (χ4n) is 8.21. The Morgan fingerprint density at radius 2 is 0.959 bits per heavy atom. The first-order valence-electron chi connectivity index (χ1n) is 21.3. The number of aryl methyl sites for hydroxylation is 1. The van der Waals surface area contributed by atoms with E-state index in [0.717, 1.165) is 13.0 Å². The predicted octanol–water partition coefficient (Wildman–Crippen LogP) is 14.4. The standard InChI is InChI=1S/C47H76N2/c1-4-6-8-10-12-14-16-17-19-21-23-25-33-40-49-41-39-48-46(49)45(38-32-24-22-20-18-15-13-11-9-7-5-2)47(3,44-36-30-27-31-37-44)42-43-34-28-26-29-35-43/h26-31,34-37,39,41,45H,4-25,32-33,38,40,42H2,1-3H3/p+1. The molecule has 274 valence electrons. The summed E-state index contributed by atoms with van der Waals surface area (Å²) in [6, 6.07) is 22.7. The lowest BCUT2D eigenvalue weighted by Crippen LogP contribution is -2.43. The van der Waals surface area contributed by atoms with E-state index in [1.807, 2.05) is 0 Å². The number of imidazole rings is 1. The van der Waals surface area contributed by atoms with Crippen molar-refractivity contribution < 1.29 is 4.57 Å². The fraction of sp³-hybridized carbons (Fsp3) is 0.681. The van der Waals surface area contributed by atoms with Crippen LogP contribution in [0.4, 0.5) is 0 Å². The van der Waals surface area contributed by atoms with Crippen molar-refractivity contribution in [3.05, 3.63) is 90.0 Å². The van der Waals surface area contributed by atoms with E-state index >= 15 is 0 Å². The molecule has 0 aliphatic carbocycles. The molecule has 1 aromatic heterocycles. The van der Waals surface area contributed by atoms with E-state index in [1.54, 1.807) is 0 Å². The Morgan fingerprint density at radius 1 is 0.531 bits per heavy atom. The third-order valence-electron chi connectivity index (χ3n) is 11.3. The van der Waals surface area contributed by atoms with Gasteiger partial charge >= 0.3 is 0 Å². The van der Waals surface area contributed by atoms with Crippen molar-refractivity contribution in [2.75, 3.05) is 0 Å². The Kier molecular flexibility index (Phi) is 22.2. The number of nitrogens with zero attached hydrogens (tertiary/aromatic N) is 1. The van der Waals surface area contributed by atoms with Crippen LogP contribution in [0.2, 0.25) is 0 Å². The van der Waals surface area contributed by atoms with Crippen LogP contribution in [0.3, 0.4) is 0 Å². The van der Waals surface area contributed by atoms with E-state index in [4.69, 9.17) is 0 Å². The molecule has 0 radical (unpaired) electrons. The second kappa shape index (κ2) is 26.5. The van der Waals surface area contributed by atoms with Crippen molar-refractivity contribution in [1.82, 2.24) is 4.98 Å². The zero-order valence-corrected chi connectivity index (χ0v) is 32.5. The predicted molar refractivity (Wildman–Crippen MR) is 214 cm³/mol. The molecular weight excluding hydrogens is 593 g/mol. The maximum Gasteiger partial charge on any atom is 0.258 e. The van der Waals surface area contributed by atoms with Crippen LogP contribution in [0, 0.1) is 0 Å². The average Bonchev–Trinajstić information content (AvgIpc) is 3.59. The largest absolute Gasteiger partial charge is 0.258 e. The maximum atomic E-state index is 3.82. The van der Waals surface area contributed by atoms with Crippen molar-refractivity contribution in [2.45, 2.75) is 206 Å². The molecule has 2 atom stereocenters. The Hall–Kier alpha value is -2.35. The van der Waals surface area contributed by atoms with Gasteiger partial charge in [0.15, 0.2) is 0 Å². The molecule has 49 heavy (non-hydrogen) atoms. The second-order valence-electron chi connectivity index (χ2n) is 15.6. The molecule has 1 heterocycles. The van der Waals surface area contributed by atoms with Crippen LogP contribution in [-0.2, 0) is 18.4 Å². The SMILES string of the molecule is CCCCCCCCCCCCCCC[n+]1cc[nH]c1C(CCCCCCCCCCCCC)C(C)(Cc1ccccc1)c1ccccc1. The van der Waals surface area contributed by atoms with Gasteiger partial charge in [-0.2, -0.15) is 0 Å². The first kappa shape index (κ1) is 41.1.